The Balaban J connectivity index is 0.00000256. The molecule has 2 aliphatic rings. The van der Waals surface area contributed by atoms with E-state index in [0.717, 1.165) is 63.8 Å². The molecule has 1 fully saturated rings. The Bertz CT molecular complexity index is 806. The molecular weight excluding hydrogens is 487 g/mol. The van der Waals surface area contributed by atoms with E-state index in [1.165, 1.54) is 11.1 Å². The zero-order chi connectivity index (χ0) is 19.9. The lowest BCUT2D eigenvalue weighted by Gasteiger charge is -2.33. The number of ether oxygens (including phenoxy) is 1. The number of hydrogen-bond acceptors (Lipinski definition) is 3. The maximum atomic E-state index is 5.78. The average Bonchev–Trinajstić information content (AvgIpc) is 2.78. The zero-order valence-electron chi connectivity index (χ0n) is 17.7. The van der Waals surface area contributed by atoms with Crippen LogP contribution in [0.3, 0.4) is 0 Å². The summed E-state index contributed by atoms with van der Waals surface area (Å²) in [5.41, 5.74) is 2.70. The summed E-state index contributed by atoms with van der Waals surface area (Å²) < 4.78 is 5.78. The number of nitrogens with zero attached hydrogens (tertiary/aromatic N) is 2. The largest absolute Gasteiger partial charge is 0.493 e. The number of para-hydroxylation sites is 1. The second kappa shape index (κ2) is 11.6. The van der Waals surface area contributed by atoms with Crippen LogP contribution >= 0.6 is 24.0 Å². The first-order chi connectivity index (χ1) is 14.3. The highest BCUT2D eigenvalue weighted by Crippen LogP contribution is 2.32. The molecule has 162 valence electrons. The Morgan fingerprint density at radius 2 is 1.77 bits per heavy atom. The first-order valence-electron chi connectivity index (χ1n) is 10.8. The topological polar surface area (TPSA) is 48.9 Å². The minimum absolute atomic E-state index is 0. The predicted molar refractivity (Wildman–Crippen MR) is 134 cm³/mol. The van der Waals surface area contributed by atoms with E-state index >= 15 is 0 Å². The molecule has 1 saturated heterocycles. The van der Waals surface area contributed by atoms with Gasteiger partial charge in [0.05, 0.1) is 6.61 Å². The fourth-order valence-corrected chi connectivity index (χ4v) is 4.31. The van der Waals surface area contributed by atoms with Crippen LogP contribution in [0.1, 0.15) is 36.3 Å². The normalized spacial score (nSPS) is 19.9. The monoisotopic (exact) mass is 520 g/mol. The molecule has 2 heterocycles. The van der Waals surface area contributed by atoms with E-state index in [1.54, 1.807) is 0 Å². The number of nitrogens with one attached hydrogen (secondary N) is 2. The van der Waals surface area contributed by atoms with Gasteiger partial charge in [0, 0.05) is 45.2 Å². The highest BCUT2D eigenvalue weighted by atomic mass is 127. The predicted octanol–water partition coefficient (Wildman–Crippen LogP) is 4.00. The van der Waals surface area contributed by atoms with E-state index < -0.39 is 0 Å². The van der Waals surface area contributed by atoms with Crippen LogP contribution in [0.15, 0.2) is 59.6 Å². The van der Waals surface area contributed by atoms with Crippen LogP contribution in [0.4, 0.5) is 0 Å². The highest BCUT2D eigenvalue weighted by Gasteiger charge is 2.23. The van der Waals surface area contributed by atoms with Crippen molar-refractivity contribution in [2.24, 2.45) is 4.99 Å². The third-order valence-corrected chi connectivity index (χ3v) is 6.00. The van der Waals surface area contributed by atoms with Crippen LogP contribution in [0.5, 0.6) is 5.75 Å². The third-order valence-electron chi connectivity index (χ3n) is 6.00. The zero-order valence-corrected chi connectivity index (χ0v) is 20.0. The van der Waals surface area contributed by atoms with Gasteiger partial charge in [-0.1, -0.05) is 48.5 Å². The Labute approximate surface area is 197 Å². The summed E-state index contributed by atoms with van der Waals surface area (Å²) in [7, 11) is 1.86. The first kappa shape index (κ1) is 22.9. The molecule has 2 aliphatic heterocycles. The van der Waals surface area contributed by atoms with E-state index in [1.807, 2.05) is 13.1 Å². The van der Waals surface area contributed by atoms with Crippen LogP contribution < -0.4 is 15.4 Å². The summed E-state index contributed by atoms with van der Waals surface area (Å²) in [5, 5.41) is 7.18. The minimum atomic E-state index is 0. The molecule has 2 N–H and O–H groups in total. The van der Waals surface area contributed by atoms with Crippen molar-refractivity contribution in [2.45, 2.75) is 37.8 Å². The molecule has 0 spiro atoms. The van der Waals surface area contributed by atoms with Crippen molar-refractivity contribution < 1.29 is 4.74 Å². The molecule has 0 bridgehead atoms. The van der Waals surface area contributed by atoms with Gasteiger partial charge in [0.1, 0.15) is 5.75 Å². The van der Waals surface area contributed by atoms with Crippen LogP contribution in [0, 0.1) is 0 Å². The second-order valence-corrected chi connectivity index (χ2v) is 8.01. The van der Waals surface area contributed by atoms with E-state index in [-0.39, 0.29) is 24.0 Å². The van der Waals surface area contributed by atoms with E-state index in [0.29, 0.717) is 12.0 Å². The molecule has 0 aliphatic carbocycles. The lowest BCUT2D eigenvalue weighted by atomic mass is 9.93. The highest BCUT2D eigenvalue weighted by molar-refractivity contribution is 14.0. The molecule has 1 atom stereocenters. The van der Waals surface area contributed by atoms with Gasteiger partial charge in [-0.25, -0.2) is 0 Å². The van der Waals surface area contributed by atoms with Gasteiger partial charge in [-0.3, -0.25) is 9.89 Å². The molecule has 5 nitrogen and oxygen atoms in total. The van der Waals surface area contributed by atoms with Gasteiger partial charge in [-0.05, 0) is 36.5 Å². The number of aliphatic imine (C=N–C) groups is 1. The maximum Gasteiger partial charge on any atom is 0.191 e. The molecule has 0 radical (unpaired) electrons. The Hall–Kier alpha value is -1.80. The summed E-state index contributed by atoms with van der Waals surface area (Å²) in [5.74, 6) is 2.40. The maximum absolute atomic E-state index is 5.78. The van der Waals surface area contributed by atoms with E-state index in [2.05, 4.69) is 69.1 Å². The van der Waals surface area contributed by atoms with Gasteiger partial charge in [-0.2, -0.15) is 0 Å². The molecule has 1 unspecified atom stereocenters. The van der Waals surface area contributed by atoms with Crippen molar-refractivity contribution in [2.75, 3.05) is 33.3 Å². The second-order valence-electron chi connectivity index (χ2n) is 8.01. The van der Waals surface area contributed by atoms with Gasteiger partial charge in [0.15, 0.2) is 5.96 Å². The van der Waals surface area contributed by atoms with Crippen LogP contribution in [-0.4, -0.2) is 50.2 Å². The van der Waals surface area contributed by atoms with Gasteiger partial charge < -0.3 is 15.4 Å². The molecular formula is C24H33IN4O. The third kappa shape index (κ3) is 6.11. The molecule has 2 aromatic carbocycles. The van der Waals surface area contributed by atoms with Gasteiger partial charge in [-0.15, -0.1) is 24.0 Å². The fourth-order valence-electron chi connectivity index (χ4n) is 4.31. The molecule has 0 aromatic heterocycles. The van der Waals surface area contributed by atoms with Gasteiger partial charge >= 0.3 is 0 Å². The number of fused-ring (bicyclic) bond motifs is 1. The lowest BCUT2D eigenvalue weighted by molar-refractivity contribution is 0.198. The number of halogens is 1. The van der Waals surface area contributed by atoms with Crippen molar-refractivity contribution in [3.63, 3.8) is 0 Å². The molecule has 0 saturated carbocycles. The summed E-state index contributed by atoms with van der Waals surface area (Å²) in [6.45, 7) is 4.96. The van der Waals surface area contributed by atoms with Crippen molar-refractivity contribution >= 4 is 29.9 Å². The molecule has 30 heavy (non-hydrogen) atoms. The number of rotatable bonds is 5. The molecule has 2 aromatic rings. The Morgan fingerprint density at radius 3 is 2.53 bits per heavy atom. The quantitative estimate of drug-likeness (QED) is 0.356. The lowest BCUT2D eigenvalue weighted by Crippen LogP contribution is -2.49. The number of benzene rings is 2. The van der Waals surface area contributed by atoms with E-state index in [9.17, 15) is 0 Å². The summed E-state index contributed by atoms with van der Waals surface area (Å²) in [6, 6.07) is 19.6. The Morgan fingerprint density at radius 1 is 1.03 bits per heavy atom. The standard InChI is InChI=1S/C24H32N4O.HI/c1-25-24(26-17-20-13-16-29-23-10-6-5-9-22(20)23)27-21-11-14-28(15-12-21)18-19-7-3-2-4-8-19;/h2-10,20-21H,11-18H2,1H3,(H2,25,26,27);1H. The summed E-state index contributed by atoms with van der Waals surface area (Å²) >= 11 is 0. The van der Waals surface area contributed by atoms with Crippen molar-refractivity contribution in [1.82, 2.24) is 15.5 Å². The summed E-state index contributed by atoms with van der Waals surface area (Å²) in [6.07, 6.45) is 3.33. The SMILES string of the molecule is CN=C(NCC1CCOc2ccccc21)NC1CCN(Cc2ccccc2)CC1.I. The number of guanidine groups is 1. The molecule has 4 rings (SSSR count). The Kier molecular flexibility index (Phi) is 8.81. The summed E-state index contributed by atoms with van der Waals surface area (Å²) in [4.78, 5) is 7.00. The minimum Gasteiger partial charge on any atom is -0.493 e. The first-order valence-corrected chi connectivity index (χ1v) is 10.8. The van der Waals surface area contributed by atoms with E-state index in [4.69, 9.17) is 4.74 Å². The van der Waals surface area contributed by atoms with Crippen molar-refractivity contribution in [3.05, 3.63) is 65.7 Å². The smallest absolute Gasteiger partial charge is 0.191 e. The molecule has 6 heteroatoms. The van der Waals surface area contributed by atoms with Crippen LogP contribution in [-0.2, 0) is 6.54 Å². The number of hydrogen-bond donors (Lipinski definition) is 2. The average molecular weight is 520 g/mol. The molecule has 0 amide bonds. The number of likely N-dealkylation sites (tertiary alicyclic amines) is 1. The fraction of sp³-hybridized carbons (Fsp3) is 0.458. The number of piperidine rings is 1. The van der Waals surface area contributed by atoms with Crippen LogP contribution in [0.25, 0.3) is 0 Å². The van der Waals surface area contributed by atoms with Crippen molar-refractivity contribution in [3.8, 4) is 5.75 Å². The van der Waals surface area contributed by atoms with Gasteiger partial charge in [0.25, 0.3) is 0 Å². The van der Waals surface area contributed by atoms with Crippen LogP contribution in [0.2, 0.25) is 0 Å². The van der Waals surface area contributed by atoms with Crippen molar-refractivity contribution in [1.29, 1.82) is 0 Å². The van der Waals surface area contributed by atoms with Gasteiger partial charge in [0.2, 0.25) is 0 Å².